The Balaban J connectivity index is 1.39. The molecule has 0 saturated carbocycles. The van der Waals surface area contributed by atoms with Gasteiger partial charge in [-0.3, -0.25) is 9.59 Å². The molecule has 1 aliphatic heterocycles. The lowest BCUT2D eigenvalue weighted by Gasteiger charge is -2.23. The van der Waals surface area contributed by atoms with Gasteiger partial charge < -0.3 is 15.5 Å². The van der Waals surface area contributed by atoms with E-state index < -0.39 is 6.04 Å². The van der Waals surface area contributed by atoms with E-state index >= 15 is 0 Å². The molecule has 1 aliphatic rings. The summed E-state index contributed by atoms with van der Waals surface area (Å²) in [6.07, 6.45) is 6.43. The Morgan fingerprint density at radius 1 is 1.19 bits per heavy atom. The van der Waals surface area contributed by atoms with Crippen LogP contribution < -0.4 is 10.6 Å². The average Bonchev–Trinajstić information content (AvgIpc) is 3.33. The predicted molar refractivity (Wildman–Crippen MR) is 99.1 cm³/mol. The molecule has 0 spiro atoms. The molecule has 0 radical (unpaired) electrons. The maximum atomic E-state index is 12.7. The van der Waals surface area contributed by atoms with Crippen molar-refractivity contribution in [2.45, 2.75) is 18.9 Å². The number of hydrogen-bond acceptors (Lipinski definition) is 6. The highest BCUT2D eigenvalue weighted by atomic mass is 16.2. The topological polar surface area (TPSA) is 105 Å². The fraction of sp³-hybridized carbons (Fsp3) is 0.278. The van der Waals surface area contributed by atoms with Crippen LogP contribution in [0.25, 0.3) is 5.52 Å². The van der Waals surface area contributed by atoms with Gasteiger partial charge in [-0.1, -0.05) is 6.07 Å². The molecule has 4 rings (SSSR count). The third kappa shape index (κ3) is 3.71. The van der Waals surface area contributed by atoms with Crippen molar-refractivity contribution in [3.8, 4) is 0 Å². The molecule has 9 heteroatoms. The van der Waals surface area contributed by atoms with Gasteiger partial charge in [0.1, 0.15) is 6.04 Å². The number of anilines is 2. The number of carbonyl (C=O) groups excluding carboxylic acids is 2. The van der Waals surface area contributed by atoms with Gasteiger partial charge in [-0.05, 0) is 31.0 Å². The molecule has 138 valence electrons. The zero-order chi connectivity index (χ0) is 18.6. The SMILES string of the molecule is O=C(Nc1cc2ccccn2n1)[C@H]1CCCN1C(=O)CNc1ncccn1. The molecule has 0 aromatic carbocycles. The molecule has 4 heterocycles. The van der Waals surface area contributed by atoms with Gasteiger partial charge >= 0.3 is 0 Å². The summed E-state index contributed by atoms with van der Waals surface area (Å²) in [5, 5.41) is 10.0. The molecule has 1 atom stereocenters. The zero-order valence-electron chi connectivity index (χ0n) is 14.6. The first kappa shape index (κ1) is 17.0. The molecule has 1 saturated heterocycles. The van der Waals surface area contributed by atoms with Crippen LogP contribution in [0, 0.1) is 0 Å². The maximum Gasteiger partial charge on any atom is 0.248 e. The number of aromatic nitrogens is 4. The minimum absolute atomic E-state index is 0.0438. The highest BCUT2D eigenvalue weighted by Crippen LogP contribution is 2.20. The van der Waals surface area contributed by atoms with Crippen molar-refractivity contribution in [1.29, 1.82) is 0 Å². The fourth-order valence-electron chi connectivity index (χ4n) is 3.19. The maximum absolute atomic E-state index is 12.7. The van der Waals surface area contributed by atoms with Gasteiger partial charge in [-0.2, -0.15) is 5.10 Å². The number of nitrogens with one attached hydrogen (secondary N) is 2. The van der Waals surface area contributed by atoms with Crippen LogP contribution in [0.15, 0.2) is 48.9 Å². The molecular weight excluding hydrogens is 346 g/mol. The number of likely N-dealkylation sites (tertiary alicyclic amines) is 1. The number of fused-ring (bicyclic) bond motifs is 1. The van der Waals surface area contributed by atoms with Crippen molar-refractivity contribution >= 4 is 29.1 Å². The minimum Gasteiger partial charge on any atom is -0.345 e. The van der Waals surface area contributed by atoms with E-state index in [9.17, 15) is 9.59 Å². The summed E-state index contributed by atoms with van der Waals surface area (Å²) in [7, 11) is 0. The molecule has 27 heavy (non-hydrogen) atoms. The Kier molecular flexibility index (Phi) is 4.65. The van der Waals surface area contributed by atoms with Crippen LogP contribution in [0.5, 0.6) is 0 Å². The summed E-state index contributed by atoms with van der Waals surface area (Å²) in [5.41, 5.74) is 0.888. The summed E-state index contributed by atoms with van der Waals surface area (Å²) >= 11 is 0. The smallest absolute Gasteiger partial charge is 0.248 e. The quantitative estimate of drug-likeness (QED) is 0.703. The molecular formula is C18H19N7O2. The second-order valence-electron chi connectivity index (χ2n) is 6.26. The molecule has 0 unspecified atom stereocenters. The van der Waals surface area contributed by atoms with E-state index in [-0.39, 0.29) is 18.4 Å². The lowest BCUT2D eigenvalue weighted by atomic mass is 10.2. The van der Waals surface area contributed by atoms with E-state index in [4.69, 9.17) is 0 Å². The molecule has 3 aromatic heterocycles. The van der Waals surface area contributed by atoms with Crippen molar-refractivity contribution in [3.63, 3.8) is 0 Å². The summed E-state index contributed by atoms with van der Waals surface area (Å²) in [5.74, 6) is 0.479. The number of carbonyl (C=O) groups is 2. The minimum atomic E-state index is -0.499. The number of pyridine rings is 1. The van der Waals surface area contributed by atoms with E-state index in [0.29, 0.717) is 24.7 Å². The molecule has 2 amide bonds. The van der Waals surface area contributed by atoms with Crippen molar-refractivity contribution in [3.05, 3.63) is 48.9 Å². The predicted octanol–water partition coefficient (Wildman–Crippen LogP) is 1.17. The normalized spacial score (nSPS) is 16.4. The third-order valence-electron chi connectivity index (χ3n) is 4.46. The summed E-state index contributed by atoms with van der Waals surface area (Å²) in [4.78, 5) is 34.9. The number of rotatable bonds is 5. The Labute approximate surface area is 155 Å². The van der Waals surface area contributed by atoms with Crippen molar-refractivity contribution in [1.82, 2.24) is 24.5 Å². The van der Waals surface area contributed by atoms with Gasteiger partial charge in [0.25, 0.3) is 0 Å². The van der Waals surface area contributed by atoms with Gasteiger partial charge in [-0.25, -0.2) is 14.5 Å². The van der Waals surface area contributed by atoms with Crippen molar-refractivity contribution < 1.29 is 9.59 Å². The van der Waals surface area contributed by atoms with Gasteiger partial charge in [0, 0.05) is 31.2 Å². The number of hydrogen-bond donors (Lipinski definition) is 2. The largest absolute Gasteiger partial charge is 0.345 e. The van der Waals surface area contributed by atoms with Crippen LogP contribution in [0.4, 0.5) is 11.8 Å². The van der Waals surface area contributed by atoms with Crippen LogP contribution in [0.2, 0.25) is 0 Å². The summed E-state index contributed by atoms with van der Waals surface area (Å²) in [6.45, 7) is 0.599. The lowest BCUT2D eigenvalue weighted by molar-refractivity contribution is -0.135. The second-order valence-corrected chi connectivity index (χ2v) is 6.26. The van der Waals surface area contributed by atoms with E-state index in [2.05, 4.69) is 25.7 Å². The highest BCUT2D eigenvalue weighted by molar-refractivity contribution is 5.97. The van der Waals surface area contributed by atoms with Gasteiger partial charge in [0.2, 0.25) is 17.8 Å². The molecule has 9 nitrogen and oxygen atoms in total. The monoisotopic (exact) mass is 365 g/mol. The Morgan fingerprint density at radius 3 is 2.85 bits per heavy atom. The highest BCUT2D eigenvalue weighted by Gasteiger charge is 2.34. The molecule has 3 aromatic rings. The summed E-state index contributed by atoms with van der Waals surface area (Å²) in [6, 6.07) is 8.68. The standard InChI is InChI=1S/C18H19N7O2/c26-16(12-21-18-19-7-4-8-20-18)24-9-3-6-14(24)17(27)22-15-11-13-5-1-2-10-25(13)23-15/h1-2,4-5,7-8,10-11,14H,3,6,9,12H2,(H,19,20,21)(H,22,23,27)/t14-/m1/s1. The van der Waals surface area contributed by atoms with Gasteiger partial charge in [-0.15, -0.1) is 0 Å². The number of nitrogens with zero attached hydrogens (tertiary/aromatic N) is 5. The second kappa shape index (κ2) is 7.40. The van der Waals surface area contributed by atoms with Crippen molar-refractivity contribution in [2.75, 3.05) is 23.7 Å². The van der Waals surface area contributed by atoms with E-state index in [1.54, 1.807) is 33.9 Å². The molecule has 2 N–H and O–H groups in total. The van der Waals surface area contributed by atoms with Crippen molar-refractivity contribution in [2.24, 2.45) is 0 Å². The van der Waals surface area contributed by atoms with E-state index in [1.807, 2.05) is 24.4 Å². The number of amides is 2. The van der Waals surface area contributed by atoms with E-state index in [1.165, 1.54) is 0 Å². The lowest BCUT2D eigenvalue weighted by Crippen LogP contribution is -2.45. The van der Waals surface area contributed by atoms with Crippen LogP contribution in [0.1, 0.15) is 12.8 Å². The fourth-order valence-corrected chi connectivity index (χ4v) is 3.19. The van der Waals surface area contributed by atoms with E-state index in [0.717, 1.165) is 11.9 Å². The van der Waals surface area contributed by atoms with Crippen LogP contribution in [-0.4, -0.2) is 55.4 Å². The first-order chi connectivity index (χ1) is 13.2. The van der Waals surface area contributed by atoms with Crippen LogP contribution >= 0.6 is 0 Å². The Bertz CT molecular complexity index is 924. The molecule has 0 aliphatic carbocycles. The third-order valence-corrected chi connectivity index (χ3v) is 4.46. The average molecular weight is 365 g/mol. The Morgan fingerprint density at radius 2 is 2.04 bits per heavy atom. The first-order valence-corrected chi connectivity index (χ1v) is 8.76. The molecule has 0 bridgehead atoms. The Hall–Kier alpha value is -3.49. The van der Waals surface area contributed by atoms with Gasteiger partial charge in [0.15, 0.2) is 5.82 Å². The van der Waals surface area contributed by atoms with Crippen LogP contribution in [-0.2, 0) is 9.59 Å². The van der Waals surface area contributed by atoms with Gasteiger partial charge in [0.05, 0.1) is 12.1 Å². The van der Waals surface area contributed by atoms with Crippen LogP contribution in [0.3, 0.4) is 0 Å². The zero-order valence-corrected chi connectivity index (χ0v) is 14.6. The molecule has 1 fully saturated rings. The first-order valence-electron chi connectivity index (χ1n) is 8.76. The summed E-state index contributed by atoms with van der Waals surface area (Å²) < 4.78 is 1.69.